The summed E-state index contributed by atoms with van der Waals surface area (Å²) in [4.78, 5) is 47.6. The molecule has 1 aliphatic heterocycles. The summed E-state index contributed by atoms with van der Waals surface area (Å²) in [6.45, 7) is 3.45. The summed E-state index contributed by atoms with van der Waals surface area (Å²) in [5, 5.41) is 0. The summed E-state index contributed by atoms with van der Waals surface area (Å²) >= 11 is 0. The highest BCUT2D eigenvalue weighted by molar-refractivity contribution is 6.14. The Bertz CT molecular complexity index is 1620. The van der Waals surface area contributed by atoms with Gasteiger partial charge in [-0.1, -0.05) is 24.3 Å². The van der Waals surface area contributed by atoms with Crippen molar-refractivity contribution in [1.29, 1.82) is 0 Å². The van der Waals surface area contributed by atoms with Crippen molar-refractivity contribution in [2.45, 2.75) is 32.1 Å². The van der Waals surface area contributed by atoms with E-state index in [9.17, 15) is 18.8 Å². The van der Waals surface area contributed by atoms with Gasteiger partial charge >= 0.3 is 11.9 Å². The smallest absolute Gasteiger partial charge is 0.338 e. The van der Waals surface area contributed by atoms with E-state index in [4.69, 9.17) is 19.9 Å². The molecule has 0 fully saturated rings. The van der Waals surface area contributed by atoms with E-state index in [2.05, 4.69) is 4.98 Å². The zero-order chi connectivity index (χ0) is 30.7. The van der Waals surface area contributed by atoms with Crippen LogP contribution < -0.4 is 15.4 Å². The zero-order valence-corrected chi connectivity index (χ0v) is 24.1. The molecule has 0 radical (unpaired) electrons. The second-order valence-electron chi connectivity index (χ2n) is 10.1. The molecule has 43 heavy (non-hydrogen) atoms. The molecule has 2 aliphatic rings. The first-order chi connectivity index (χ1) is 20.8. The van der Waals surface area contributed by atoms with Crippen molar-refractivity contribution in [3.8, 4) is 5.75 Å². The number of methoxy groups -OCH3 is 1. The van der Waals surface area contributed by atoms with Gasteiger partial charge in [-0.15, -0.1) is 0 Å². The highest BCUT2D eigenvalue weighted by Gasteiger charge is 2.51. The number of carbonyl (C=O) groups is 3. The van der Waals surface area contributed by atoms with Gasteiger partial charge in [-0.2, -0.15) is 0 Å². The molecule has 5 rings (SSSR count). The maximum atomic E-state index is 14.7. The van der Waals surface area contributed by atoms with E-state index in [-0.39, 0.29) is 36.6 Å². The van der Waals surface area contributed by atoms with Gasteiger partial charge < -0.3 is 19.9 Å². The topological polar surface area (TPSA) is 121 Å². The second kappa shape index (κ2) is 12.5. The SMILES string of the molecule is CCOC(=O)C1=C(N)N(c2cccc(F)c2)C2=C(C(=O)[C@H](C(=O)OCC)[C@@H](c3cccc(OC)c3)C2)[C@@H]1c1cccnc1. The number of carbonyl (C=O) groups excluding carboxylic acids is 3. The summed E-state index contributed by atoms with van der Waals surface area (Å²) in [6.07, 6.45) is 3.25. The molecule has 2 aromatic carbocycles. The fourth-order valence-electron chi connectivity index (χ4n) is 5.91. The van der Waals surface area contributed by atoms with Crippen LogP contribution >= 0.6 is 0 Å². The first-order valence-electron chi connectivity index (χ1n) is 14.0. The van der Waals surface area contributed by atoms with Crippen molar-refractivity contribution in [1.82, 2.24) is 4.98 Å². The molecular formula is C33H32FN3O6. The highest BCUT2D eigenvalue weighted by atomic mass is 19.1. The number of esters is 2. The molecule has 3 aromatic rings. The standard InChI is InChI=1S/C33H32FN3O6/c1-4-42-32(39)27-24(19-9-6-13-23(15-19)41-3)17-25-28(30(27)38)26(20-10-8-14-36-18-20)29(33(40)43-5-2)31(35)37(25)22-12-7-11-21(34)16-22/h6-16,18,24,26-27H,4-5,17,35H2,1-3H3/t24-,26+,27-/m1/s1. The maximum Gasteiger partial charge on any atom is 0.338 e. The van der Waals surface area contributed by atoms with Gasteiger partial charge in [0.15, 0.2) is 5.78 Å². The van der Waals surface area contributed by atoms with E-state index in [0.717, 1.165) is 0 Å². The molecule has 0 unspecified atom stereocenters. The first kappa shape index (κ1) is 29.5. The van der Waals surface area contributed by atoms with Crippen molar-refractivity contribution in [3.05, 3.63) is 113 Å². The number of ketones is 1. The van der Waals surface area contributed by atoms with Crippen molar-refractivity contribution in [2.75, 3.05) is 25.2 Å². The molecule has 0 amide bonds. The van der Waals surface area contributed by atoms with E-state index < -0.39 is 41.3 Å². The Morgan fingerprint density at radius 1 is 1.02 bits per heavy atom. The third-order valence-corrected chi connectivity index (χ3v) is 7.68. The molecule has 1 aliphatic carbocycles. The molecule has 0 saturated heterocycles. The van der Waals surface area contributed by atoms with Crippen LogP contribution in [0.1, 0.15) is 43.2 Å². The number of halogens is 1. The van der Waals surface area contributed by atoms with Gasteiger partial charge in [0.25, 0.3) is 0 Å². The Labute approximate surface area is 248 Å². The average molecular weight is 586 g/mol. The van der Waals surface area contributed by atoms with Crippen LogP contribution in [0.4, 0.5) is 10.1 Å². The van der Waals surface area contributed by atoms with Gasteiger partial charge in [-0.25, -0.2) is 9.18 Å². The van der Waals surface area contributed by atoms with Gasteiger partial charge in [-0.3, -0.25) is 19.5 Å². The first-order valence-corrected chi connectivity index (χ1v) is 14.0. The van der Waals surface area contributed by atoms with Gasteiger partial charge in [0.2, 0.25) is 0 Å². The van der Waals surface area contributed by atoms with Crippen LogP contribution in [-0.2, 0) is 23.9 Å². The van der Waals surface area contributed by atoms with Crippen LogP contribution in [0.15, 0.2) is 95.7 Å². The second-order valence-corrected chi connectivity index (χ2v) is 10.1. The summed E-state index contributed by atoms with van der Waals surface area (Å²) in [5.74, 6) is -4.86. The summed E-state index contributed by atoms with van der Waals surface area (Å²) < 4.78 is 30.9. The minimum atomic E-state index is -1.23. The van der Waals surface area contributed by atoms with Crippen LogP contribution in [0.2, 0.25) is 0 Å². The lowest BCUT2D eigenvalue weighted by Gasteiger charge is -2.44. The van der Waals surface area contributed by atoms with Gasteiger partial charge in [0.1, 0.15) is 23.3 Å². The molecule has 0 saturated carbocycles. The van der Waals surface area contributed by atoms with Crippen LogP contribution in [-0.4, -0.2) is 43.0 Å². The molecule has 2 N–H and O–H groups in total. The van der Waals surface area contributed by atoms with Gasteiger partial charge in [0, 0.05) is 29.6 Å². The van der Waals surface area contributed by atoms with Gasteiger partial charge in [0.05, 0.1) is 37.5 Å². The minimum Gasteiger partial charge on any atom is -0.497 e. The number of benzene rings is 2. The van der Waals surface area contributed by atoms with Crippen LogP contribution in [0.3, 0.4) is 0 Å². The lowest BCUT2D eigenvalue weighted by molar-refractivity contribution is -0.152. The summed E-state index contributed by atoms with van der Waals surface area (Å²) in [7, 11) is 1.53. The number of nitrogens with zero attached hydrogens (tertiary/aromatic N) is 2. The van der Waals surface area contributed by atoms with E-state index in [1.54, 1.807) is 62.6 Å². The number of aromatic nitrogens is 1. The number of allylic oxidation sites excluding steroid dienone is 2. The fourth-order valence-corrected chi connectivity index (χ4v) is 5.91. The van der Waals surface area contributed by atoms with Crippen molar-refractivity contribution < 1.29 is 33.0 Å². The van der Waals surface area contributed by atoms with E-state index in [1.165, 1.54) is 30.2 Å². The number of hydrogen-bond acceptors (Lipinski definition) is 9. The van der Waals surface area contributed by atoms with E-state index in [1.807, 2.05) is 6.07 Å². The number of hydrogen-bond donors (Lipinski definition) is 1. The lowest BCUT2D eigenvalue weighted by Crippen LogP contribution is -2.46. The number of ether oxygens (including phenoxy) is 3. The summed E-state index contributed by atoms with van der Waals surface area (Å²) in [6, 6.07) is 16.3. The van der Waals surface area contributed by atoms with Gasteiger partial charge in [-0.05, 0) is 67.8 Å². The number of pyridine rings is 1. The number of Topliss-reactive ketones (excluding diaryl/α,β-unsaturated/α-hetero) is 1. The predicted octanol–water partition coefficient (Wildman–Crippen LogP) is 4.76. The normalized spacial score (nSPS) is 20.0. The largest absolute Gasteiger partial charge is 0.497 e. The Kier molecular flexibility index (Phi) is 8.56. The minimum absolute atomic E-state index is 0.00588. The van der Waals surface area contributed by atoms with Crippen LogP contribution in [0, 0.1) is 11.7 Å². The molecule has 0 spiro atoms. The summed E-state index contributed by atoms with van der Waals surface area (Å²) in [5.41, 5.74) is 8.89. The maximum absolute atomic E-state index is 14.7. The Hall–Kier alpha value is -4.99. The highest BCUT2D eigenvalue weighted by Crippen LogP contribution is 2.51. The molecule has 0 bridgehead atoms. The van der Waals surface area contributed by atoms with E-state index in [0.29, 0.717) is 28.3 Å². The monoisotopic (exact) mass is 585 g/mol. The molecule has 9 nitrogen and oxygen atoms in total. The van der Waals surface area contributed by atoms with Crippen molar-refractivity contribution in [3.63, 3.8) is 0 Å². The quantitative estimate of drug-likeness (QED) is 0.295. The number of nitrogens with two attached hydrogens (primary N) is 1. The molecule has 1 aromatic heterocycles. The lowest BCUT2D eigenvalue weighted by atomic mass is 9.67. The average Bonchev–Trinajstić information content (AvgIpc) is 3.01. The van der Waals surface area contributed by atoms with Crippen LogP contribution in [0.25, 0.3) is 0 Å². The number of rotatable bonds is 8. The predicted molar refractivity (Wildman–Crippen MR) is 156 cm³/mol. The molecule has 3 atom stereocenters. The Morgan fingerprint density at radius 2 is 1.77 bits per heavy atom. The zero-order valence-electron chi connectivity index (χ0n) is 24.1. The molecule has 10 heteroatoms. The van der Waals surface area contributed by atoms with Crippen molar-refractivity contribution in [2.24, 2.45) is 11.7 Å². The van der Waals surface area contributed by atoms with E-state index >= 15 is 0 Å². The Morgan fingerprint density at radius 3 is 2.44 bits per heavy atom. The molecule has 2 heterocycles. The third kappa shape index (κ3) is 5.48. The van der Waals surface area contributed by atoms with Crippen molar-refractivity contribution >= 4 is 23.4 Å². The number of anilines is 1. The Balaban J connectivity index is 1.82. The molecular weight excluding hydrogens is 553 g/mol. The van der Waals surface area contributed by atoms with Crippen LogP contribution in [0.5, 0.6) is 5.75 Å². The fraction of sp³-hybridized carbons (Fsp3) is 0.273. The third-order valence-electron chi connectivity index (χ3n) is 7.68. The molecule has 222 valence electrons.